The van der Waals surface area contributed by atoms with Crippen LogP contribution in [0.2, 0.25) is 0 Å². The lowest BCUT2D eigenvalue weighted by Gasteiger charge is -2.23. The van der Waals surface area contributed by atoms with Crippen LogP contribution in [0.25, 0.3) is 0 Å². The topological polar surface area (TPSA) is 66.3 Å². The minimum absolute atomic E-state index is 0.0281. The number of carbonyl (C=O) groups is 1. The maximum absolute atomic E-state index is 11.8. The maximum Gasteiger partial charge on any atom is 0.217 e. The average Bonchev–Trinajstić information content (AvgIpc) is 3.13. The minimum Gasteiger partial charge on any atom is -0.346 e. The van der Waals surface area contributed by atoms with E-state index in [4.69, 9.17) is 0 Å². The van der Waals surface area contributed by atoms with Gasteiger partial charge in [0, 0.05) is 57.9 Å². The molecule has 0 saturated carbocycles. The maximum atomic E-state index is 11.8. The van der Waals surface area contributed by atoms with Crippen LogP contribution in [0, 0.1) is 5.92 Å². The summed E-state index contributed by atoms with van der Waals surface area (Å²) >= 11 is 0. The van der Waals surface area contributed by atoms with Gasteiger partial charge < -0.3 is 14.8 Å². The zero-order chi connectivity index (χ0) is 24.1. The zero-order valence-electron chi connectivity index (χ0n) is 20.7. The summed E-state index contributed by atoms with van der Waals surface area (Å²) in [5.41, 5.74) is 3.66. The summed E-state index contributed by atoms with van der Waals surface area (Å²) in [7, 11) is 2.10. The van der Waals surface area contributed by atoms with E-state index in [-0.39, 0.29) is 11.9 Å². The van der Waals surface area contributed by atoms with Crippen LogP contribution in [0.15, 0.2) is 54.6 Å². The van der Waals surface area contributed by atoms with Gasteiger partial charge in [-0.1, -0.05) is 44.2 Å². The molecule has 1 atom stereocenters. The molecule has 1 N–H and O–H groups in total. The summed E-state index contributed by atoms with van der Waals surface area (Å²) in [5.74, 6) is 2.32. The van der Waals surface area contributed by atoms with E-state index >= 15 is 0 Å². The number of benzene rings is 2. The molecule has 2 heterocycles. The van der Waals surface area contributed by atoms with Gasteiger partial charge in [-0.25, -0.2) is 0 Å². The van der Waals surface area contributed by atoms with E-state index in [2.05, 4.69) is 99.3 Å². The van der Waals surface area contributed by atoms with Gasteiger partial charge in [0.2, 0.25) is 5.91 Å². The fourth-order valence-corrected chi connectivity index (χ4v) is 4.63. The second-order valence-electron chi connectivity index (χ2n) is 9.60. The second kappa shape index (κ2) is 10.8. The zero-order valence-corrected chi connectivity index (χ0v) is 20.7. The van der Waals surface area contributed by atoms with Crippen molar-refractivity contribution in [2.75, 3.05) is 25.0 Å². The van der Waals surface area contributed by atoms with E-state index in [1.54, 1.807) is 6.92 Å². The molecule has 180 valence electrons. The lowest BCUT2D eigenvalue weighted by atomic mass is 10.0. The molecule has 0 saturated heterocycles. The first-order valence-electron chi connectivity index (χ1n) is 12.2. The summed E-state index contributed by atoms with van der Waals surface area (Å²) in [4.78, 5) is 16.5. The van der Waals surface area contributed by atoms with Gasteiger partial charge in [-0.15, -0.1) is 10.2 Å². The number of para-hydroxylation sites is 1. The van der Waals surface area contributed by atoms with Gasteiger partial charge in [-0.2, -0.15) is 0 Å². The molecule has 1 aliphatic rings. The second-order valence-corrected chi connectivity index (χ2v) is 9.60. The number of nitrogens with one attached hydrogen (secondary N) is 1. The van der Waals surface area contributed by atoms with Crippen LogP contribution in [0.4, 0.5) is 11.4 Å². The Kier molecular flexibility index (Phi) is 7.63. The van der Waals surface area contributed by atoms with Crippen molar-refractivity contribution >= 4 is 17.3 Å². The number of fused-ring (bicyclic) bond motifs is 1. The highest BCUT2D eigenvalue weighted by Crippen LogP contribution is 2.25. The van der Waals surface area contributed by atoms with E-state index in [1.165, 1.54) is 16.9 Å². The van der Waals surface area contributed by atoms with Gasteiger partial charge in [0.1, 0.15) is 5.82 Å². The van der Waals surface area contributed by atoms with Crippen molar-refractivity contribution in [1.82, 2.24) is 25.0 Å². The lowest BCUT2D eigenvalue weighted by molar-refractivity contribution is -0.119. The summed E-state index contributed by atoms with van der Waals surface area (Å²) in [6.07, 6.45) is 1.71. The van der Waals surface area contributed by atoms with Crippen LogP contribution in [0.3, 0.4) is 0 Å². The first-order valence-corrected chi connectivity index (χ1v) is 12.2. The molecule has 7 nitrogen and oxygen atoms in total. The van der Waals surface area contributed by atoms with Crippen molar-refractivity contribution in [3.05, 3.63) is 71.8 Å². The number of hydrogen-bond donors (Lipinski definition) is 1. The number of hydrogen-bond acceptors (Lipinski definition) is 5. The molecule has 0 aliphatic carbocycles. The first-order chi connectivity index (χ1) is 16.4. The molecule has 34 heavy (non-hydrogen) atoms. The van der Waals surface area contributed by atoms with Crippen molar-refractivity contribution in [3.8, 4) is 0 Å². The summed E-state index contributed by atoms with van der Waals surface area (Å²) in [6, 6.07) is 19.1. The molecule has 7 heteroatoms. The standard InChI is InChI=1S/C27H36N6O/c1-20(2)18-25(28-21(3)34)27-30-29-26-14-15-32(16-17-33(26)27)19-22-10-12-24(13-11-22)31(4)23-8-6-5-7-9-23/h5-13,20,25H,14-19H2,1-4H3,(H,28,34)/t25-/m1/s1. The van der Waals surface area contributed by atoms with Crippen LogP contribution in [-0.2, 0) is 24.3 Å². The molecule has 0 spiro atoms. The SMILES string of the molecule is CC(=O)N[C@H](CC(C)C)c1nnc2n1CCN(Cc1ccc(N(C)c3ccccc3)cc1)CC2. The normalized spacial score (nSPS) is 15.0. The summed E-state index contributed by atoms with van der Waals surface area (Å²) in [6.45, 7) is 9.51. The van der Waals surface area contributed by atoms with E-state index in [1.807, 2.05) is 6.07 Å². The summed E-state index contributed by atoms with van der Waals surface area (Å²) in [5, 5.41) is 12.0. The van der Waals surface area contributed by atoms with Gasteiger partial charge in [0.25, 0.3) is 0 Å². The first kappa shape index (κ1) is 24.0. The quantitative estimate of drug-likeness (QED) is 0.542. The molecule has 2 aromatic carbocycles. The molecule has 4 rings (SSSR count). The highest BCUT2D eigenvalue weighted by molar-refractivity contribution is 5.73. The predicted molar refractivity (Wildman–Crippen MR) is 136 cm³/mol. The Hall–Kier alpha value is -3.19. The molecule has 0 bridgehead atoms. The van der Waals surface area contributed by atoms with Gasteiger partial charge in [-0.3, -0.25) is 9.69 Å². The smallest absolute Gasteiger partial charge is 0.217 e. The van der Waals surface area contributed by atoms with E-state index in [0.717, 1.165) is 50.7 Å². The molecule has 1 amide bonds. The Morgan fingerprint density at radius 1 is 1.00 bits per heavy atom. The van der Waals surface area contributed by atoms with Crippen molar-refractivity contribution in [3.63, 3.8) is 0 Å². The highest BCUT2D eigenvalue weighted by Gasteiger charge is 2.25. The highest BCUT2D eigenvalue weighted by atomic mass is 16.1. The number of anilines is 2. The Morgan fingerprint density at radius 3 is 2.38 bits per heavy atom. The van der Waals surface area contributed by atoms with Crippen molar-refractivity contribution in [2.45, 2.75) is 52.7 Å². The van der Waals surface area contributed by atoms with Crippen LogP contribution < -0.4 is 10.2 Å². The van der Waals surface area contributed by atoms with Gasteiger partial charge >= 0.3 is 0 Å². The van der Waals surface area contributed by atoms with Gasteiger partial charge in [0.05, 0.1) is 6.04 Å². The predicted octanol–water partition coefficient (Wildman–Crippen LogP) is 4.33. The van der Waals surface area contributed by atoms with Gasteiger partial charge in [0.15, 0.2) is 5.82 Å². The Bertz CT molecular complexity index is 1080. The van der Waals surface area contributed by atoms with Crippen molar-refractivity contribution in [2.24, 2.45) is 5.92 Å². The fourth-order valence-electron chi connectivity index (χ4n) is 4.63. The molecular formula is C27H36N6O. The third-order valence-electron chi connectivity index (χ3n) is 6.42. The fraction of sp³-hybridized carbons (Fsp3) is 0.444. The molecule has 1 aromatic heterocycles. The minimum atomic E-state index is -0.0977. The number of carbonyl (C=O) groups excluding carboxylic acids is 1. The van der Waals surface area contributed by atoms with Crippen molar-refractivity contribution < 1.29 is 4.79 Å². The average molecular weight is 461 g/mol. The van der Waals surface area contributed by atoms with Crippen LogP contribution in [-0.4, -0.2) is 45.7 Å². The van der Waals surface area contributed by atoms with Crippen LogP contribution >= 0.6 is 0 Å². The molecule has 3 aromatic rings. The van der Waals surface area contributed by atoms with Gasteiger partial charge in [-0.05, 0) is 42.2 Å². The monoisotopic (exact) mass is 460 g/mol. The molecule has 0 radical (unpaired) electrons. The van der Waals surface area contributed by atoms with Crippen molar-refractivity contribution in [1.29, 1.82) is 0 Å². The summed E-state index contributed by atoms with van der Waals surface area (Å²) < 4.78 is 2.22. The number of rotatable bonds is 8. The third kappa shape index (κ3) is 5.83. The number of nitrogens with zero attached hydrogens (tertiary/aromatic N) is 5. The number of amides is 1. The molecule has 0 unspecified atom stereocenters. The molecular weight excluding hydrogens is 424 g/mol. The lowest BCUT2D eigenvalue weighted by Crippen LogP contribution is -2.31. The Morgan fingerprint density at radius 2 is 1.71 bits per heavy atom. The van der Waals surface area contributed by atoms with Crippen LogP contribution in [0.1, 0.15) is 50.4 Å². The molecule has 0 fully saturated rings. The van der Waals surface area contributed by atoms with E-state index in [9.17, 15) is 4.79 Å². The third-order valence-corrected chi connectivity index (χ3v) is 6.42. The molecule has 1 aliphatic heterocycles. The van der Waals surface area contributed by atoms with Crippen LogP contribution in [0.5, 0.6) is 0 Å². The Labute approximate surface area is 202 Å². The number of aromatic nitrogens is 3. The van der Waals surface area contributed by atoms with E-state index in [0.29, 0.717) is 5.92 Å². The van der Waals surface area contributed by atoms with E-state index < -0.39 is 0 Å². The largest absolute Gasteiger partial charge is 0.346 e. The Balaban J connectivity index is 1.40.